The Morgan fingerprint density at radius 3 is 2.00 bits per heavy atom. The Balaban J connectivity index is 1.79. The van der Waals surface area contributed by atoms with Crippen LogP contribution in [0.3, 0.4) is 0 Å². The van der Waals surface area contributed by atoms with Crippen molar-refractivity contribution in [1.29, 1.82) is 0 Å². The van der Waals surface area contributed by atoms with E-state index in [1.54, 1.807) is 0 Å². The van der Waals surface area contributed by atoms with Crippen molar-refractivity contribution in [1.82, 2.24) is 4.98 Å². The summed E-state index contributed by atoms with van der Waals surface area (Å²) in [5.41, 5.74) is 2.26. The van der Waals surface area contributed by atoms with Crippen LogP contribution in [-0.2, 0) is 0 Å². The lowest BCUT2D eigenvalue weighted by molar-refractivity contribution is 0.101. The number of nitrogens with one attached hydrogen (secondary N) is 2. The van der Waals surface area contributed by atoms with E-state index in [2.05, 4.69) is 15.6 Å². The van der Waals surface area contributed by atoms with Gasteiger partial charge in [-0.15, -0.1) is 0 Å². The highest BCUT2D eigenvalue weighted by atomic mass is 19.1. The van der Waals surface area contributed by atoms with Crippen molar-refractivity contribution in [3.8, 4) is 0 Å². The summed E-state index contributed by atoms with van der Waals surface area (Å²) in [5.74, 6) is -2.84. The van der Waals surface area contributed by atoms with E-state index in [1.165, 1.54) is 18.2 Å². The summed E-state index contributed by atoms with van der Waals surface area (Å²) < 4.78 is 26.7. The van der Waals surface area contributed by atoms with Gasteiger partial charge in [0.05, 0.1) is 5.69 Å². The van der Waals surface area contributed by atoms with Crippen LogP contribution in [0.5, 0.6) is 0 Å². The van der Waals surface area contributed by atoms with Crippen LogP contribution in [0.4, 0.5) is 20.2 Å². The Morgan fingerprint density at radius 1 is 0.821 bits per heavy atom. The van der Waals surface area contributed by atoms with Crippen LogP contribution in [0.25, 0.3) is 0 Å². The van der Waals surface area contributed by atoms with Gasteiger partial charge in [-0.05, 0) is 49.2 Å². The summed E-state index contributed by atoms with van der Waals surface area (Å²) in [6.07, 6.45) is 0. The third kappa shape index (κ3) is 4.20. The van der Waals surface area contributed by atoms with Crippen molar-refractivity contribution in [3.63, 3.8) is 0 Å². The second-order valence-electron chi connectivity index (χ2n) is 6.21. The van der Waals surface area contributed by atoms with Crippen LogP contribution in [0.2, 0.25) is 0 Å². The summed E-state index contributed by atoms with van der Waals surface area (Å²) in [6, 6.07) is 12.8. The van der Waals surface area contributed by atoms with Gasteiger partial charge < -0.3 is 10.6 Å². The number of nitrogens with zero attached hydrogens (tertiary/aromatic N) is 1. The minimum absolute atomic E-state index is 0.0369. The Hall–Kier alpha value is -3.61. The number of anilines is 2. The van der Waals surface area contributed by atoms with Crippen LogP contribution in [0, 0.1) is 25.5 Å². The molecule has 0 saturated heterocycles. The first kappa shape index (κ1) is 19.2. The van der Waals surface area contributed by atoms with Gasteiger partial charge >= 0.3 is 0 Å². The molecule has 3 aromatic rings. The molecule has 0 radical (unpaired) electrons. The number of carbonyl (C=O) groups is 2. The van der Waals surface area contributed by atoms with Crippen molar-refractivity contribution >= 4 is 23.2 Å². The Morgan fingerprint density at radius 2 is 1.39 bits per heavy atom. The fraction of sp³-hybridized carbons (Fsp3) is 0.0952. The van der Waals surface area contributed by atoms with E-state index in [0.717, 1.165) is 23.3 Å². The molecule has 0 fully saturated rings. The number of aryl methyl sites for hydroxylation is 2. The van der Waals surface area contributed by atoms with E-state index < -0.39 is 23.4 Å². The number of aromatic nitrogens is 1. The number of benzene rings is 2. The van der Waals surface area contributed by atoms with Crippen LogP contribution in [0.15, 0.2) is 54.6 Å². The molecule has 1 heterocycles. The van der Waals surface area contributed by atoms with Crippen molar-refractivity contribution in [2.24, 2.45) is 0 Å². The van der Waals surface area contributed by atoms with Crippen LogP contribution in [-0.4, -0.2) is 16.8 Å². The molecule has 2 amide bonds. The van der Waals surface area contributed by atoms with Gasteiger partial charge in [0.25, 0.3) is 11.8 Å². The maximum atomic E-state index is 13.7. The van der Waals surface area contributed by atoms with Crippen molar-refractivity contribution < 1.29 is 18.4 Å². The number of rotatable bonds is 4. The highest BCUT2D eigenvalue weighted by Gasteiger charge is 2.15. The minimum atomic E-state index is -0.905. The average Bonchev–Trinajstić information content (AvgIpc) is 2.67. The van der Waals surface area contributed by atoms with E-state index in [9.17, 15) is 18.4 Å². The predicted octanol–water partition coefficient (Wildman–Crippen LogP) is 4.48. The molecule has 0 unspecified atom stereocenters. The number of pyridine rings is 1. The molecule has 0 saturated carbocycles. The third-order valence-corrected chi connectivity index (χ3v) is 4.11. The zero-order chi connectivity index (χ0) is 20.3. The first-order valence-electron chi connectivity index (χ1n) is 8.46. The second-order valence-corrected chi connectivity index (χ2v) is 6.21. The molecule has 7 heteroatoms. The standard InChI is InChI=1S/C21H17F2N3O2/c1-12-5-3-6-13(2)19(12)26-21(28)18-8-4-7-17(24-18)20(27)25-16-10-9-14(22)11-15(16)23/h3-11H,1-2H3,(H,25,27)(H,26,28). The van der Waals surface area contributed by atoms with Gasteiger partial charge in [0.15, 0.2) is 0 Å². The molecular formula is C21H17F2N3O2. The third-order valence-electron chi connectivity index (χ3n) is 4.11. The van der Waals surface area contributed by atoms with Crippen molar-refractivity contribution in [3.05, 3.63) is 88.7 Å². The van der Waals surface area contributed by atoms with Crippen LogP contribution < -0.4 is 10.6 Å². The first-order chi connectivity index (χ1) is 13.3. The van der Waals surface area contributed by atoms with Gasteiger partial charge in [-0.1, -0.05) is 24.3 Å². The molecule has 0 atom stereocenters. The number of hydrogen-bond donors (Lipinski definition) is 2. The summed E-state index contributed by atoms with van der Waals surface area (Å²) in [5, 5.41) is 5.10. The Bertz CT molecular complexity index is 1050. The maximum Gasteiger partial charge on any atom is 0.274 e. The molecule has 3 rings (SSSR count). The molecule has 5 nitrogen and oxygen atoms in total. The van der Waals surface area contributed by atoms with Crippen LogP contribution in [0.1, 0.15) is 32.1 Å². The summed E-state index contributed by atoms with van der Waals surface area (Å²) in [4.78, 5) is 28.9. The number of hydrogen-bond acceptors (Lipinski definition) is 3. The monoisotopic (exact) mass is 381 g/mol. The topological polar surface area (TPSA) is 71.1 Å². The smallest absolute Gasteiger partial charge is 0.274 e. The number of carbonyl (C=O) groups excluding carboxylic acids is 2. The van der Waals surface area contributed by atoms with Gasteiger partial charge in [0.1, 0.15) is 23.0 Å². The number of para-hydroxylation sites is 1. The van der Waals surface area contributed by atoms with E-state index in [0.29, 0.717) is 11.8 Å². The lowest BCUT2D eigenvalue weighted by Crippen LogP contribution is -2.19. The molecule has 1 aromatic heterocycles. The molecule has 0 aliphatic rings. The molecule has 0 bridgehead atoms. The number of halogens is 2. The SMILES string of the molecule is Cc1cccc(C)c1NC(=O)c1cccc(C(=O)Nc2ccc(F)cc2F)n1. The Labute approximate surface area is 160 Å². The van der Waals surface area contributed by atoms with Gasteiger partial charge in [-0.3, -0.25) is 9.59 Å². The molecule has 28 heavy (non-hydrogen) atoms. The highest BCUT2D eigenvalue weighted by molar-refractivity contribution is 6.06. The highest BCUT2D eigenvalue weighted by Crippen LogP contribution is 2.20. The molecule has 0 aliphatic carbocycles. The van der Waals surface area contributed by atoms with Crippen molar-refractivity contribution in [2.45, 2.75) is 13.8 Å². The van der Waals surface area contributed by atoms with Gasteiger partial charge in [-0.25, -0.2) is 13.8 Å². The average molecular weight is 381 g/mol. The second kappa shape index (κ2) is 7.96. The Kier molecular flexibility index (Phi) is 5.44. The molecule has 2 N–H and O–H groups in total. The zero-order valence-electron chi connectivity index (χ0n) is 15.2. The summed E-state index contributed by atoms with van der Waals surface area (Å²) in [7, 11) is 0. The van der Waals surface area contributed by atoms with Gasteiger partial charge in [-0.2, -0.15) is 0 Å². The summed E-state index contributed by atoms with van der Waals surface area (Å²) >= 11 is 0. The normalized spacial score (nSPS) is 10.4. The van der Waals surface area contributed by atoms with E-state index >= 15 is 0 Å². The number of amides is 2. The fourth-order valence-electron chi connectivity index (χ4n) is 2.65. The first-order valence-corrected chi connectivity index (χ1v) is 8.46. The van der Waals surface area contributed by atoms with E-state index in [-0.39, 0.29) is 17.1 Å². The fourth-order valence-corrected chi connectivity index (χ4v) is 2.65. The minimum Gasteiger partial charge on any atom is -0.320 e. The van der Waals surface area contributed by atoms with E-state index in [4.69, 9.17) is 0 Å². The largest absolute Gasteiger partial charge is 0.320 e. The molecule has 142 valence electrons. The van der Waals surface area contributed by atoms with Gasteiger partial charge in [0, 0.05) is 11.8 Å². The quantitative estimate of drug-likeness (QED) is 0.700. The maximum absolute atomic E-state index is 13.7. The molecule has 2 aromatic carbocycles. The zero-order valence-corrected chi connectivity index (χ0v) is 15.2. The summed E-state index contributed by atoms with van der Waals surface area (Å²) in [6.45, 7) is 3.74. The van der Waals surface area contributed by atoms with Gasteiger partial charge in [0.2, 0.25) is 0 Å². The van der Waals surface area contributed by atoms with Crippen LogP contribution >= 0.6 is 0 Å². The lowest BCUT2D eigenvalue weighted by Gasteiger charge is -2.11. The lowest BCUT2D eigenvalue weighted by atomic mass is 10.1. The molecule has 0 aliphatic heterocycles. The van der Waals surface area contributed by atoms with Crippen molar-refractivity contribution in [2.75, 3.05) is 10.6 Å². The van der Waals surface area contributed by atoms with E-state index in [1.807, 2.05) is 32.0 Å². The molecule has 0 spiro atoms. The predicted molar refractivity (Wildman–Crippen MR) is 102 cm³/mol. The molecular weight excluding hydrogens is 364 g/mol.